The molecular formula is C23H16ClN2O4S-. The Bertz CT molecular complexity index is 1260. The van der Waals surface area contributed by atoms with E-state index in [0.717, 1.165) is 16.8 Å². The predicted molar refractivity (Wildman–Crippen MR) is 120 cm³/mol. The Balaban J connectivity index is 1.57. The molecular weight excluding hydrogens is 436 g/mol. The van der Waals surface area contributed by atoms with Crippen LogP contribution in [0.5, 0.6) is 0 Å². The summed E-state index contributed by atoms with van der Waals surface area (Å²) < 4.78 is 5.77. The second-order valence-corrected chi connectivity index (χ2v) is 8.45. The molecule has 1 aromatic heterocycles. The second kappa shape index (κ2) is 8.45. The van der Waals surface area contributed by atoms with Crippen LogP contribution < -0.4 is 10.4 Å². The molecule has 1 saturated heterocycles. The number of rotatable bonds is 4. The molecule has 1 aliphatic heterocycles. The number of nitrogens with zero attached hydrogens (tertiary/aromatic N) is 1. The summed E-state index contributed by atoms with van der Waals surface area (Å²) in [6, 6.07) is 13.8. The number of aryl methyl sites for hydroxylation is 2. The molecule has 3 aromatic rings. The molecule has 1 N–H and O–H groups in total. The minimum Gasteiger partial charge on any atom is -0.545 e. The highest BCUT2D eigenvalue weighted by Gasteiger charge is 2.24. The zero-order valence-corrected chi connectivity index (χ0v) is 18.1. The molecule has 2 heterocycles. The van der Waals surface area contributed by atoms with Gasteiger partial charge >= 0.3 is 0 Å². The first kappa shape index (κ1) is 21.0. The minimum atomic E-state index is -1.37. The molecule has 0 atom stereocenters. The van der Waals surface area contributed by atoms with Gasteiger partial charge in [0, 0.05) is 22.2 Å². The van der Waals surface area contributed by atoms with Gasteiger partial charge in [-0.25, -0.2) is 4.99 Å². The van der Waals surface area contributed by atoms with Crippen molar-refractivity contribution in [1.29, 1.82) is 0 Å². The van der Waals surface area contributed by atoms with Gasteiger partial charge in [-0.3, -0.25) is 4.79 Å². The Morgan fingerprint density at radius 2 is 1.87 bits per heavy atom. The van der Waals surface area contributed by atoms with Gasteiger partial charge in [-0.05, 0) is 79.2 Å². The summed E-state index contributed by atoms with van der Waals surface area (Å²) in [5, 5.41) is 14.5. The van der Waals surface area contributed by atoms with Crippen molar-refractivity contribution in [2.24, 2.45) is 4.99 Å². The van der Waals surface area contributed by atoms with Crippen molar-refractivity contribution >= 4 is 52.2 Å². The Morgan fingerprint density at radius 3 is 2.58 bits per heavy atom. The van der Waals surface area contributed by atoms with E-state index < -0.39 is 5.97 Å². The lowest BCUT2D eigenvalue weighted by Crippen LogP contribution is -2.22. The predicted octanol–water partition coefficient (Wildman–Crippen LogP) is 4.47. The van der Waals surface area contributed by atoms with Crippen molar-refractivity contribution in [2.45, 2.75) is 13.8 Å². The van der Waals surface area contributed by atoms with Gasteiger partial charge in [0.15, 0.2) is 5.17 Å². The van der Waals surface area contributed by atoms with Crippen molar-refractivity contribution in [3.63, 3.8) is 0 Å². The fourth-order valence-electron chi connectivity index (χ4n) is 3.16. The number of carbonyl (C=O) groups excluding carboxylic acids is 2. The maximum atomic E-state index is 12.3. The molecule has 1 aliphatic rings. The quantitative estimate of drug-likeness (QED) is 0.590. The molecule has 0 unspecified atom stereocenters. The average molecular weight is 452 g/mol. The second-order valence-electron chi connectivity index (χ2n) is 7.01. The van der Waals surface area contributed by atoms with Crippen LogP contribution in [0, 0.1) is 13.8 Å². The summed E-state index contributed by atoms with van der Waals surface area (Å²) in [5.41, 5.74) is 3.38. The first-order valence-corrected chi connectivity index (χ1v) is 10.5. The van der Waals surface area contributed by atoms with E-state index in [1.165, 1.54) is 23.9 Å². The third-order valence-electron chi connectivity index (χ3n) is 4.46. The maximum Gasteiger partial charge on any atom is 0.264 e. The Labute approximate surface area is 187 Å². The number of carboxylic acids is 1. The topological polar surface area (TPSA) is 94.7 Å². The Hall–Kier alpha value is -3.29. The summed E-state index contributed by atoms with van der Waals surface area (Å²) in [7, 11) is 0. The van der Waals surface area contributed by atoms with E-state index in [1.54, 1.807) is 24.3 Å². The Morgan fingerprint density at radius 1 is 1.13 bits per heavy atom. The molecule has 1 amide bonds. The van der Waals surface area contributed by atoms with E-state index in [-0.39, 0.29) is 16.5 Å². The van der Waals surface area contributed by atoms with Crippen molar-refractivity contribution in [1.82, 2.24) is 5.32 Å². The zero-order chi connectivity index (χ0) is 22.1. The number of hydrogen-bond donors (Lipinski definition) is 1. The van der Waals surface area contributed by atoms with Crippen LogP contribution in [0.2, 0.25) is 5.02 Å². The van der Waals surface area contributed by atoms with Crippen LogP contribution in [-0.2, 0) is 4.79 Å². The van der Waals surface area contributed by atoms with Crippen LogP contribution in [0.1, 0.15) is 27.2 Å². The molecule has 8 heteroatoms. The number of nitrogens with one attached hydrogen (secondary N) is 1. The highest BCUT2D eigenvalue weighted by molar-refractivity contribution is 8.18. The van der Waals surface area contributed by atoms with Crippen LogP contribution in [0.25, 0.3) is 17.4 Å². The van der Waals surface area contributed by atoms with Crippen molar-refractivity contribution < 1.29 is 19.1 Å². The average Bonchev–Trinajstić information content (AvgIpc) is 3.28. The smallest absolute Gasteiger partial charge is 0.264 e. The van der Waals surface area contributed by atoms with Gasteiger partial charge in [-0.1, -0.05) is 17.7 Å². The third-order valence-corrected chi connectivity index (χ3v) is 5.70. The van der Waals surface area contributed by atoms with E-state index in [2.05, 4.69) is 16.4 Å². The number of furan rings is 1. The summed E-state index contributed by atoms with van der Waals surface area (Å²) in [5.74, 6) is -0.740. The number of halogens is 1. The van der Waals surface area contributed by atoms with E-state index in [4.69, 9.17) is 16.0 Å². The van der Waals surface area contributed by atoms with E-state index in [1.807, 2.05) is 26.0 Å². The van der Waals surface area contributed by atoms with Gasteiger partial charge < -0.3 is 19.6 Å². The van der Waals surface area contributed by atoms with Crippen molar-refractivity contribution in [3.8, 4) is 11.3 Å². The molecule has 156 valence electrons. The van der Waals surface area contributed by atoms with Gasteiger partial charge in [0.25, 0.3) is 5.91 Å². The highest BCUT2D eigenvalue weighted by atomic mass is 35.5. The van der Waals surface area contributed by atoms with Crippen LogP contribution in [0.4, 0.5) is 5.69 Å². The number of aromatic carboxylic acids is 1. The lowest BCUT2D eigenvalue weighted by Gasteiger charge is -2.06. The number of hydrogen-bond acceptors (Lipinski definition) is 6. The fraction of sp³-hybridized carbons (Fsp3) is 0.0870. The number of amidine groups is 1. The molecule has 4 rings (SSSR count). The van der Waals surface area contributed by atoms with Gasteiger partial charge in [-0.2, -0.15) is 0 Å². The molecule has 31 heavy (non-hydrogen) atoms. The zero-order valence-electron chi connectivity index (χ0n) is 16.6. The summed E-state index contributed by atoms with van der Waals surface area (Å²) in [6.07, 6.45) is 1.61. The molecule has 0 bridgehead atoms. The molecule has 0 radical (unpaired) electrons. The lowest BCUT2D eigenvalue weighted by molar-refractivity contribution is -0.255. The molecule has 6 nitrogen and oxygen atoms in total. The standard InChI is InChI=1S/C23H17ClN2O4S/c1-12-7-13(2)9-15(8-12)25-23-26-21(27)20(31-23)11-16-4-6-19(30-16)14-3-5-18(24)17(10-14)22(28)29/h3-11H,1-2H3,(H,28,29)(H,25,26,27)/p-1/b20-11-. The van der Waals surface area contributed by atoms with Gasteiger partial charge in [0.1, 0.15) is 11.5 Å². The number of amides is 1. The fourth-order valence-corrected chi connectivity index (χ4v) is 4.18. The number of aliphatic imine (C=N–C) groups is 1. The van der Waals surface area contributed by atoms with E-state index in [0.29, 0.717) is 27.2 Å². The molecule has 0 aliphatic carbocycles. The number of carboxylic acid groups (broad SMARTS) is 1. The maximum absolute atomic E-state index is 12.3. The normalized spacial score (nSPS) is 16.2. The van der Waals surface area contributed by atoms with Crippen LogP contribution in [0.3, 0.4) is 0 Å². The molecule has 1 fully saturated rings. The Kier molecular flexibility index (Phi) is 5.71. The summed E-state index contributed by atoms with van der Waals surface area (Å²) in [6.45, 7) is 3.99. The summed E-state index contributed by atoms with van der Waals surface area (Å²) in [4.78, 5) is 28.5. The first-order valence-electron chi connectivity index (χ1n) is 9.27. The SMILES string of the molecule is Cc1cc(C)cc(N=C2NC(=O)/C(=C/c3ccc(-c4ccc(Cl)c(C(=O)[O-])c4)o3)S2)c1. The van der Waals surface area contributed by atoms with Crippen molar-refractivity contribution in [3.05, 3.63) is 80.9 Å². The van der Waals surface area contributed by atoms with E-state index in [9.17, 15) is 14.7 Å². The molecule has 2 aromatic carbocycles. The number of carbonyl (C=O) groups is 2. The van der Waals surface area contributed by atoms with E-state index >= 15 is 0 Å². The highest BCUT2D eigenvalue weighted by Crippen LogP contribution is 2.31. The van der Waals surface area contributed by atoms with Crippen LogP contribution in [0.15, 0.2) is 62.8 Å². The first-order chi connectivity index (χ1) is 14.8. The van der Waals surface area contributed by atoms with Gasteiger partial charge in [-0.15, -0.1) is 0 Å². The largest absolute Gasteiger partial charge is 0.545 e. The number of benzene rings is 2. The monoisotopic (exact) mass is 451 g/mol. The van der Waals surface area contributed by atoms with Crippen molar-refractivity contribution in [2.75, 3.05) is 0 Å². The molecule has 0 spiro atoms. The number of thioether (sulfide) groups is 1. The molecule has 0 saturated carbocycles. The lowest BCUT2D eigenvalue weighted by atomic mass is 10.1. The van der Waals surface area contributed by atoms with Crippen LogP contribution >= 0.6 is 23.4 Å². The minimum absolute atomic E-state index is 0.0901. The van der Waals surface area contributed by atoms with Crippen LogP contribution in [-0.4, -0.2) is 17.0 Å². The van der Waals surface area contributed by atoms with Gasteiger partial charge in [0.05, 0.1) is 16.6 Å². The van der Waals surface area contributed by atoms with Gasteiger partial charge in [0.2, 0.25) is 0 Å². The third kappa shape index (κ3) is 4.73. The summed E-state index contributed by atoms with van der Waals surface area (Å²) >= 11 is 7.10.